The quantitative estimate of drug-likeness (QED) is 0.741. The highest BCUT2D eigenvalue weighted by molar-refractivity contribution is 6.30. The fourth-order valence-electron chi connectivity index (χ4n) is 2.68. The summed E-state index contributed by atoms with van der Waals surface area (Å²) in [7, 11) is 3.85. The van der Waals surface area contributed by atoms with Crippen molar-refractivity contribution in [3.05, 3.63) is 59.0 Å². The Morgan fingerprint density at radius 2 is 1.88 bits per heavy atom. The molecule has 140 valence electrons. The zero-order valence-electron chi connectivity index (χ0n) is 15.2. The second-order valence-electron chi connectivity index (χ2n) is 6.31. The number of hydrogen-bond donors (Lipinski definition) is 2. The van der Waals surface area contributed by atoms with Crippen molar-refractivity contribution in [2.45, 2.75) is 25.4 Å². The zero-order valence-corrected chi connectivity index (χ0v) is 15.9. The summed E-state index contributed by atoms with van der Waals surface area (Å²) in [6, 6.07) is 10.3. The zero-order chi connectivity index (χ0) is 19.1. The summed E-state index contributed by atoms with van der Waals surface area (Å²) in [6.45, 7) is 1.84. The van der Waals surface area contributed by atoms with Crippen molar-refractivity contribution in [1.82, 2.24) is 15.5 Å². The summed E-state index contributed by atoms with van der Waals surface area (Å²) in [6.07, 6.45) is 1.75. The number of nitrogens with one attached hydrogen (secondary N) is 2. The van der Waals surface area contributed by atoms with Crippen LogP contribution in [0.15, 0.2) is 47.1 Å². The third kappa shape index (κ3) is 5.89. The van der Waals surface area contributed by atoms with E-state index in [0.717, 1.165) is 11.3 Å². The van der Waals surface area contributed by atoms with E-state index in [4.69, 9.17) is 16.0 Å². The van der Waals surface area contributed by atoms with Crippen LogP contribution in [0.3, 0.4) is 0 Å². The lowest BCUT2D eigenvalue weighted by molar-refractivity contribution is -0.123. The van der Waals surface area contributed by atoms with Gasteiger partial charge in [0.25, 0.3) is 0 Å². The summed E-state index contributed by atoms with van der Waals surface area (Å²) in [4.78, 5) is 25.9. The summed E-state index contributed by atoms with van der Waals surface area (Å²) in [5, 5.41) is 6.34. The Bertz CT molecular complexity index is 714. The van der Waals surface area contributed by atoms with E-state index >= 15 is 0 Å². The largest absolute Gasteiger partial charge is 0.468 e. The average molecular weight is 378 g/mol. The number of carbonyl (C=O) groups is 2. The van der Waals surface area contributed by atoms with Crippen LogP contribution in [0.25, 0.3) is 0 Å². The lowest BCUT2D eigenvalue weighted by Gasteiger charge is -2.23. The topological polar surface area (TPSA) is 74.6 Å². The van der Waals surface area contributed by atoms with Gasteiger partial charge in [0, 0.05) is 18.5 Å². The minimum absolute atomic E-state index is 0.0660. The average Bonchev–Trinajstić information content (AvgIpc) is 3.08. The van der Waals surface area contributed by atoms with E-state index in [9.17, 15) is 9.59 Å². The van der Waals surface area contributed by atoms with Crippen molar-refractivity contribution in [1.29, 1.82) is 0 Å². The standard InChI is InChI=1S/C19H24ClN3O3/c1-13(24)22-16(14-6-8-15(20)9-7-14)11-19(25)21-12-17(23(2)3)18-5-4-10-26-18/h4-10,16-17H,11-12H2,1-3H3,(H,21,25)(H,22,24). The molecule has 2 unspecified atom stereocenters. The van der Waals surface area contributed by atoms with Crippen LogP contribution in [0.4, 0.5) is 0 Å². The van der Waals surface area contributed by atoms with Gasteiger partial charge in [-0.25, -0.2) is 0 Å². The maximum Gasteiger partial charge on any atom is 0.222 e. The third-order valence-electron chi connectivity index (χ3n) is 4.03. The first-order valence-electron chi connectivity index (χ1n) is 8.36. The monoisotopic (exact) mass is 377 g/mol. The molecule has 0 spiro atoms. The lowest BCUT2D eigenvalue weighted by Crippen LogP contribution is -2.37. The summed E-state index contributed by atoms with van der Waals surface area (Å²) in [5.74, 6) is 0.433. The Hall–Kier alpha value is -2.31. The maximum absolute atomic E-state index is 12.4. The number of halogens is 1. The van der Waals surface area contributed by atoms with Gasteiger partial charge in [-0.05, 0) is 43.9 Å². The molecule has 26 heavy (non-hydrogen) atoms. The molecular formula is C19H24ClN3O3. The molecule has 0 fully saturated rings. The number of furan rings is 1. The number of hydrogen-bond acceptors (Lipinski definition) is 4. The highest BCUT2D eigenvalue weighted by Crippen LogP contribution is 2.21. The van der Waals surface area contributed by atoms with E-state index in [1.807, 2.05) is 43.3 Å². The molecule has 2 N–H and O–H groups in total. The molecule has 6 nitrogen and oxygen atoms in total. The van der Waals surface area contributed by atoms with Crippen LogP contribution in [0.5, 0.6) is 0 Å². The highest BCUT2D eigenvalue weighted by Gasteiger charge is 2.20. The molecule has 0 aliphatic heterocycles. The predicted octanol–water partition coefficient (Wildman–Crippen LogP) is 2.92. The summed E-state index contributed by atoms with van der Waals surface area (Å²) < 4.78 is 5.44. The number of carbonyl (C=O) groups excluding carboxylic acids is 2. The fraction of sp³-hybridized carbons (Fsp3) is 0.368. The van der Waals surface area contributed by atoms with E-state index in [1.54, 1.807) is 18.4 Å². The number of nitrogens with zero attached hydrogens (tertiary/aromatic N) is 1. The molecule has 1 aromatic carbocycles. The number of benzene rings is 1. The van der Waals surface area contributed by atoms with E-state index in [0.29, 0.717) is 11.6 Å². The molecule has 1 aromatic heterocycles. The van der Waals surface area contributed by atoms with Crippen LogP contribution in [0.1, 0.15) is 36.8 Å². The van der Waals surface area contributed by atoms with Crippen molar-refractivity contribution >= 4 is 23.4 Å². The number of amides is 2. The first-order chi connectivity index (χ1) is 12.4. The predicted molar refractivity (Wildman–Crippen MR) is 101 cm³/mol. The molecule has 0 saturated carbocycles. The first-order valence-corrected chi connectivity index (χ1v) is 8.73. The van der Waals surface area contributed by atoms with Crippen LogP contribution in [0.2, 0.25) is 5.02 Å². The Labute approximate surface area is 158 Å². The van der Waals surface area contributed by atoms with Gasteiger partial charge in [0.2, 0.25) is 11.8 Å². The van der Waals surface area contributed by atoms with Crippen LogP contribution in [-0.2, 0) is 9.59 Å². The normalized spacial score (nSPS) is 13.3. The molecule has 0 bridgehead atoms. The number of likely N-dealkylation sites (N-methyl/N-ethyl adjacent to an activating group) is 1. The second-order valence-corrected chi connectivity index (χ2v) is 6.74. The van der Waals surface area contributed by atoms with Crippen molar-refractivity contribution in [2.24, 2.45) is 0 Å². The van der Waals surface area contributed by atoms with Crippen LogP contribution in [-0.4, -0.2) is 37.4 Å². The highest BCUT2D eigenvalue weighted by atomic mass is 35.5. The fourth-order valence-corrected chi connectivity index (χ4v) is 2.81. The minimum atomic E-state index is -0.411. The van der Waals surface area contributed by atoms with Crippen molar-refractivity contribution in [2.75, 3.05) is 20.6 Å². The van der Waals surface area contributed by atoms with E-state index in [2.05, 4.69) is 10.6 Å². The van der Waals surface area contributed by atoms with Gasteiger partial charge in [-0.15, -0.1) is 0 Å². The van der Waals surface area contributed by atoms with E-state index < -0.39 is 6.04 Å². The first kappa shape index (κ1) is 20.0. The molecule has 0 radical (unpaired) electrons. The van der Waals surface area contributed by atoms with Crippen LogP contribution < -0.4 is 10.6 Å². The molecule has 2 aromatic rings. The van der Waals surface area contributed by atoms with Gasteiger partial charge in [-0.3, -0.25) is 14.5 Å². The van der Waals surface area contributed by atoms with Gasteiger partial charge in [0.05, 0.1) is 24.8 Å². The van der Waals surface area contributed by atoms with Gasteiger partial charge in [-0.1, -0.05) is 23.7 Å². The molecule has 2 rings (SSSR count). The van der Waals surface area contributed by atoms with Gasteiger partial charge in [-0.2, -0.15) is 0 Å². The SMILES string of the molecule is CC(=O)NC(CC(=O)NCC(c1ccco1)N(C)C)c1ccc(Cl)cc1. The minimum Gasteiger partial charge on any atom is -0.468 e. The molecule has 2 atom stereocenters. The molecule has 1 heterocycles. The molecule has 0 saturated heterocycles. The molecule has 0 aliphatic carbocycles. The summed E-state index contributed by atoms with van der Waals surface area (Å²) in [5.41, 5.74) is 0.829. The van der Waals surface area contributed by atoms with Gasteiger partial charge < -0.3 is 15.1 Å². The van der Waals surface area contributed by atoms with Gasteiger partial charge in [0.1, 0.15) is 5.76 Å². The Morgan fingerprint density at radius 1 is 1.19 bits per heavy atom. The number of rotatable bonds is 8. The van der Waals surface area contributed by atoms with Crippen LogP contribution >= 0.6 is 11.6 Å². The molecule has 0 aliphatic rings. The summed E-state index contributed by atoms with van der Waals surface area (Å²) >= 11 is 5.91. The molecule has 2 amide bonds. The lowest BCUT2D eigenvalue weighted by atomic mass is 10.0. The van der Waals surface area contributed by atoms with Crippen molar-refractivity contribution in [3.63, 3.8) is 0 Å². The Balaban J connectivity index is 2.00. The molecule has 7 heteroatoms. The van der Waals surface area contributed by atoms with E-state index in [-0.39, 0.29) is 24.3 Å². The van der Waals surface area contributed by atoms with Crippen LogP contribution in [0, 0.1) is 0 Å². The third-order valence-corrected chi connectivity index (χ3v) is 4.28. The van der Waals surface area contributed by atoms with Gasteiger partial charge >= 0.3 is 0 Å². The van der Waals surface area contributed by atoms with Gasteiger partial charge in [0.15, 0.2) is 0 Å². The maximum atomic E-state index is 12.4. The Kier molecular flexibility index (Phi) is 7.24. The van der Waals surface area contributed by atoms with E-state index in [1.165, 1.54) is 6.92 Å². The molecular weight excluding hydrogens is 354 g/mol. The van der Waals surface area contributed by atoms with Crippen molar-refractivity contribution in [3.8, 4) is 0 Å². The Morgan fingerprint density at radius 3 is 2.42 bits per heavy atom. The van der Waals surface area contributed by atoms with Crippen molar-refractivity contribution < 1.29 is 14.0 Å². The second kappa shape index (κ2) is 9.40. The smallest absolute Gasteiger partial charge is 0.222 e.